The van der Waals surface area contributed by atoms with Gasteiger partial charge in [-0.2, -0.15) is 0 Å². The molecule has 0 bridgehead atoms. The second kappa shape index (κ2) is 3.76. The topological polar surface area (TPSA) is 50.9 Å². The number of fused-ring (bicyclic) bond motifs is 1. The molecule has 70 valence electrons. The molecule has 1 atom stereocenters. The third-order valence-corrected chi connectivity index (χ3v) is 2.84. The summed E-state index contributed by atoms with van der Waals surface area (Å²) in [5.41, 5.74) is 4.47. The number of pyridine rings is 1. The third-order valence-electron chi connectivity index (χ3n) is 1.99. The lowest BCUT2D eigenvalue weighted by Crippen LogP contribution is -2.26. The number of rotatable bonds is 2. The summed E-state index contributed by atoms with van der Waals surface area (Å²) in [4.78, 5) is 4.28. The number of nitrogens with one attached hydrogen (secondary N) is 1. The second-order valence-electron chi connectivity index (χ2n) is 2.84. The van der Waals surface area contributed by atoms with Gasteiger partial charge in [-0.15, -0.1) is 17.8 Å². The molecule has 0 aliphatic carbocycles. The van der Waals surface area contributed by atoms with Crippen molar-refractivity contribution in [2.24, 2.45) is 5.84 Å². The summed E-state index contributed by atoms with van der Waals surface area (Å²) in [5, 5.41) is 2.00. The van der Waals surface area contributed by atoms with Crippen molar-refractivity contribution in [1.82, 2.24) is 10.4 Å². The number of hydrogen-bond donors (Lipinski definition) is 2. The molecule has 0 saturated carbocycles. The minimum atomic E-state index is -0.269. The first-order chi connectivity index (χ1) is 6.85. The van der Waals surface area contributed by atoms with Gasteiger partial charge in [0.15, 0.2) is 0 Å². The smallest absolute Gasteiger partial charge is 0.108 e. The van der Waals surface area contributed by atoms with Crippen molar-refractivity contribution in [3.63, 3.8) is 0 Å². The first kappa shape index (κ1) is 9.16. The van der Waals surface area contributed by atoms with Gasteiger partial charge >= 0.3 is 0 Å². The molecule has 2 heterocycles. The molecular formula is C10H9N3S. The maximum Gasteiger partial charge on any atom is 0.108 e. The Labute approximate surface area is 85.9 Å². The SMILES string of the molecule is C#CC(NN)c1cnc2ccsc2c1. The zero-order valence-electron chi connectivity index (χ0n) is 7.40. The molecule has 0 aliphatic rings. The molecule has 14 heavy (non-hydrogen) atoms. The van der Waals surface area contributed by atoms with E-state index in [0.717, 1.165) is 15.8 Å². The molecule has 3 nitrogen and oxygen atoms in total. The Bertz CT molecular complexity index is 483. The van der Waals surface area contributed by atoms with Gasteiger partial charge in [-0.3, -0.25) is 10.8 Å². The fourth-order valence-corrected chi connectivity index (χ4v) is 2.05. The van der Waals surface area contributed by atoms with Crippen molar-refractivity contribution in [3.8, 4) is 12.3 Å². The number of hydrogen-bond acceptors (Lipinski definition) is 4. The molecule has 3 N–H and O–H groups in total. The minimum Gasteiger partial charge on any atom is -0.270 e. The predicted molar refractivity (Wildman–Crippen MR) is 58.5 cm³/mol. The Kier molecular flexibility index (Phi) is 2.46. The molecule has 0 radical (unpaired) electrons. The van der Waals surface area contributed by atoms with Gasteiger partial charge in [0.2, 0.25) is 0 Å². The van der Waals surface area contributed by atoms with Gasteiger partial charge in [0.25, 0.3) is 0 Å². The van der Waals surface area contributed by atoms with Gasteiger partial charge < -0.3 is 0 Å². The quantitative estimate of drug-likeness (QED) is 0.441. The average Bonchev–Trinajstić information content (AvgIpc) is 2.66. The normalized spacial score (nSPS) is 12.6. The number of thiophene rings is 1. The van der Waals surface area contributed by atoms with E-state index in [-0.39, 0.29) is 6.04 Å². The van der Waals surface area contributed by atoms with E-state index in [9.17, 15) is 0 Å². The van der Waals surface area contributed by atoms with Crippen molar-refractivity contribution < 1.29 is 0 Å². The Morgan fingerprint density at radius 1 is 1.64 bits per heavy atom. The lowest BCUT2D eigenvalue weighted by Gasteiger charge is -2.08. The van der Waals surface area contributed by atoms with E-state index in [2.05, 4.69) is 16.3 Å². The highest BCUT2D eigenvalue weighted by atomic mass is 32.1. The maximum atomic E-state index is 5.32. The Hall–Kier alpha value is -1.41. The molecular weight excluding hydrogens is 194 g/mol. The van der Waals surface area contributed by atoms with Gasteiger partial charge in [0.1, 0.15) is 6.04 Å². The van der Waals surface area contributed by atoms with Crippen molar-refractivity contribution >= 4 is 21.6 Å². The molecule has 1 unspecified atom stereocenters. The molecule has 0 aliphatic heterocycles. The van der Waals surface area contributed by atoms with Crippen LogP contribution in [0.15, 0.2) is 23.7 Å². The molecule has 0 amide bonds. The van der Waals surface area contributed by atoms with Crippen LogP contribution in [0.5, 0.6) is 0 Å². The number of nitrogens with zero attached hydrogens (tertiary/aromatic N) is 1. The fourth-order valence-electron chi connectivity index (χ4n) is 1.26. The van der Waals surface area contributed by atoms with E-state index < -0.39 is 0 Å². The first-order valence-corrected chi connectivity index (χ1v) is 4.98. The standard InChI is InChI=1S/C10H9N3S/c1-2-8(13-11)7-5-10-9(12-6-7)3-4-14-10/h1,3-6,8,13H,11H2. The summed E-state index contributed by atoms with van der Waals surface area (Å²) in [5.74, 6) is 7.87. The van der Waals surface area contributed by atoms with E-state index in [0.29, 0.717) is 0 Å². The molecule has 0 fully saturated rings. The van der Waals surface area contributed by atoms with E-state index in [1.165, 1.54) is 0 Å². The Morgan fingerprint density at radius 3 is 3.21 bits per heavy atom. The lowest BCUT2D eigenvalue weighted by atomic mass is 10.1. The summed E-state index contributed by atoms with van der Waals surface area (Å²) in [6.07, 6.45) is 7.07. The number of terminal acetylenes is 1. The third kappa shape index (κ3) is 1.49. The van der Waals surface area contributed by atoms with Gasteiger partial charge in [-0.25, -0.2) is 5.43 Å². The molecule has 4 heteroatoms. The predicted octanol–water partition coefficient (Wildman–Crippen LogP) is 1.43. The molecule has 0 saturated heterocycles. The Morgan fingerprint density at radius 2 is 2.50 bits per heavy atom. The molecule has 2 aromatic rings. The van der Waals surface area contributed by atoms with Crippen molar-refractivity contribution in [2.75, 3.05) is 0 Å². The van der Waals surface area contributed by atoms with Crippen LogP contribution in [0.3, 0.4) is 0 Å². The summed E-state index contributed by atoms with van der Waals surface area (Å²) in [6, 6.07) is 3.72. The molecule has 0 aromatic carbocycles. The van der Waals surface area contributed by atoms with Gasteiger partial charge in [-0.1, -0.05) is 5.92 Å². The zero-order valence-corrected chi connectivity index (χ0v) is 8.21. The van der Waals surface area contributed by atoms with Crippen LogP contribution in [-0.4, -0.2) is 4.98 Å². The highest BCUT2D eigenvalue weighted by molar-refractivity contribution is 7.17. The molecule has 2 aromatic heterocycles. The van der Waals surface area contributed by atoms with Crippen LogP contribution < -0.4 is 11.3 Å². The van der Waals surface area contributed by atoms with Crippen LogP contribution in [0.4, 0.5) is 0 Å². The van der Waals surface area contributed by atoms with Crippen molar-refractivity contribution in [1.29, 1.82) is 0 Å². The summed E-state index contributed by atoms with van der Waals surface area (Å²) >= 11 is 1.64. The van der Waals surface area contributed by atoms with Crippen molar-refractivity contribution in [3.05, 3.63) is 29.3 Å². The average molecular weight is 203 g/mol. The van der Waals surface area contributed by atoms with Gasteiger partial charge in [-0.05, 0) is 17.5 Å². The largest absolute Gasteiger partial charge is 0.270 e. The summed E-state index contributed by atoms with van der Waals surface area (Å²) < 4.78 is 1.12. The Balaban J connectivity index is 2.48. The zero-order chi connectivity index (χ0) is 9.97. The fraction of sp³-hybridized carbons (Fsp3) is 0.100. The van der Waals surface area contributed by atoms with E-state index in [4.69, 9.17) is 12.3 Å². The minimum absolute atomic E-state index is 0.269. The second-order valence-corrected chi connectivity index (χ2v) is 3.79. The molecule has 0 spiro atoms. The molecule has 2 rings (SSSR count). The van der Waals surface area contributed by atoms with Crippen LogP contribution >= 0.6 is 11.3 Å². The van der Waals surface area contributed by atoms with E-state index in [1.54, 1.807) is 17.5 Å². The van der Waals surface area contributed by atoms with Crippen LogP contribution in [0.25, 0.3) is 10.2 Å². The van der Waals surface area contributed by atoms with E-state index in [1.807, 2.05) is 17.5 Å². The number of nitrogens with two attached hydrogens (primary N) is 1. The maximum absolute atomic E-state index is 5.32. The monoisotopic (exact) mass is 203 g/mol. The number of aromatic nitrogens is 1. The van der Waals surface area contributed by atoms with Crippen LogP contribution in [0, 0.1) is 12.3 Å². The van der Waals surface area contributed by atoms with E-state index >= 15 is 0 Å². The lowest BCUT2D eigenvalue weighted by molar-refractivity contribution is 0.672. The highest BCUT2D eigenvalue weighted by Crippen LogP contribution is 2.22. The van der Waals surface area contributed by atoms with Crippen LogP contribution in [0.2, 0.25) is 0 Å². The summed E-state index contributed by atoms with van der Waals surface area (Å²) in [6.45, 7) is 0. The van der Waals surface area contributed by atoms with Gasteiger partial charge in [0.05, 0.1) is 10.2 Å². The highest BCUT2D eigenvalue weighted by Gasteiger charge is 2.07. The summed E-state index contributed by atoms with van der Waals surface area (Å²) in [7, 11) is 0. The van der Waals surface area contributed by atoms with Crippen LogP contribution in [-0.2, 0) is 0 Å². The first-order valence-electron chi connectivity index (χ1n) is 4.10. The number of hydrazine groups is 1. The van der Waals surface area contributed by atoms with Gasteiger partial charge in [0, 0.05) is 11.8 Å². The van der Waals surface area contributed by atoms with Crippen LogP contribution in [0.1, 0.15) is 11.6 Å². The van der Waals surface area contributed by atoms with Crippen molar-refractivity contribution in [2.45, 2.75) is 6.04 Å².